The Morgan fingerprint density at radius 1 is 1.21 bits per heavy atom. The second-order valence-electron chi connectivity index (χ2n) is 6.80. The van der Waals surface area contributed by atoms with Crippen LogP contribution in [0.5, 0.6) is 0 Å². The van der Waals surface area contributed by atoms with E-state index in [1.165, 1.54) is 22.6 Å². The normalized spacial score (nSPS) is 12.5. The summed E-state index contributed by atoms with van der Waals surface area (Å²) < 4.78 is 13.8. The first-order chi connectivity index (χ1) is 13.6. The van der Waals surface area contributed by atoms with Crippen molar-refractivity contribution in [1.29, 1.82) is 0 Å². The SMILES string of the molecule is CCNC(=NCC(O)c1ccccc1F)NCCc1c[nH]c2cc(C)ccc12.I. The summed E-state index contributed by atoms with van der Waals surface area (Å²) in [6.07, 6.45) is 1.90. The Morgan fingerprint density at radius 2 is 2.00 bits per heavy atom. The summed E-state index contributed by atoms with van der Waals surface area (Å²) in [6.45, 7) is 5.54. The van der Waals surface area contributed by atoms with Crippen LogP contribution in [0, 0.1) is 12.7 Å². The molecule has 3 aromatic rings. The molecule has 0 saturated heterocycles. The fourth-order valence-electron chi connectivity index (χ4n) is 3.19. The highest BCUT2D eigenvalue weighted by atomic mass is 127. The van der Waals surface area contributed by atoms with Crippen LogP contribution in [0.1, 0.15) is 29.7 Å². The monoisotopic (exact) mass is 510 g/mol. The van der Waals surface area contributed by atoms with E-state index in [9.17, 15) is 9.50 Å². The van der Waals surface area contributed by atoms with Crippen molar-refractivity contribution in [1.82, 2.24) is 15.6 Å². The molecular formula is C22H28FIN4O. The highest BCUT2D eigenvalue weighted by Crippen LogP contribution is 2.20. The Morgan fingerprint density at radius 3 is 2.76 bits per heavy atom. The van der Waals surface area contributed by atoms with Crippen LogP contribution < -0.4 is 10.6 Å². The molecule has 1 heterocycles. The van der Waals surface area contributed by atoms with Gasteiger partial charge in [-0.15, -0.1) is 24.0 Å². The Kier molecular flexibility index (Phi) is 8.91. The number of halogens is 2. The van der Waals surface area contributed by atoms with Crippen molar-refractivity contribution >= 4 is 40.8 Å². The molecule has 7 heteroatoms. The number of aliphatic imine (C=N–C) groups is 1. The molecule has 0 bridgehead atoms. The van der Waals surface area contributed by atoms with Gasteiger partial charge in [0.2, 0.25) is 0 Å². The number of guanidine groups is 1. The number of aromatic amines is 1. The molecule has 0 fully saturated rings. The van der Waals surface area contributed by atoms with Crippen LogP contribution in [0.15, 0.2) is 53.7 Å². The standard InChI is InChI=1S/C22H27FN4O.HI/c1-3-24-22(27-14-21(28)18-6-4-5-7-19(18)23)25-11-10-16-13-26-20-12-15(2)8-9-17(16)20;/h4-9,12-13,21,26,28H,3,10-11,14H2,1-2H3,(H2,24,25,27);1H. The van der Waals surface area contributed by atoms with Gasteiger partial charge >= 0.3 is 0 Å². The van der Waals surface area contributed by atoms with E-state index in [0.717, 1.165) is 11.9 Å². The molecule has 1 aromatic heterocycles. The van der Waals surface area contributed by atoms with Gasteiger partial charge in [-0.2, -0.15) is 0 Å². The topological polar surface area (TPSA) is 72.4 Å². The molecule has 3 rings (SSSR count). The van der Waals surface area contributed by atoms with Gasteiger partial charge in [-0.05, 0) is 43.5 Å². The zero-order chi connectivity index (χ0) is 19.9. The van der Waals surface area contributed by atoms with E-state index in [-0.39, 0.29) is 36.1 Å². The Bertz CT molecular complexity index is 957. The molecule has 0 radical (unpaired) electrons. The first-order valence-corrected chi connectivity index (χ1v) is 9.59. The summed E-state index contributed by atoms with van der Waals surface area (Å²) in [5, 5.41) is 17.9. The molecule has 0 spiro atoms. The number of hydrogen-bond acceptors (Lipinski definition) is 2. The quantitative estimate of drug-likeness (QED) is 0.220. The highest BCUT2D eigenvalue weighted by Gasteiger charge is 2.12. The lowest BCUT2D eigenvalue weighted by Crippen LogP contribution is -2.38. The van der Waals surface area contributed by atoms with Crippen molar-refractivity contribution in [2.24, 2.45) is 4.99 Å². The lowest BCUT2D eigenvalue weighted by atomic mass is 10.1. The lowest BCUT2D eigenvalue weighted by molar-refractivity contribution is 0.182. The van der Waals surface area contributed by atoms with Gasteiger partial charge in [-0.1, -0.05) is 30.3 Å². The average Bonchev–Trinajstić information content (AvgIpc) is 3.08. The van der Waals surface area contributed by atoms with Crippen LogP contribution in [0.2, 0.25) is 0 Å². The van der Waals surface area contributed by atoms with Gasteiger partial charge in [0.05, 0.1) is 6.54 Å². The highest BCUT2D eigenvalue weighted by molar-refractivity contribution is 14.0. The van der Waals surface area contributed by atoms with Gasteiger partial charge in [0.1, 0.15) is 11.9 Å². The summed E-state index contributed by atoms with van der Waals surface area (Å²) in [7, 11) is 0. The maximum Gasteiger partial charge on any atom is 0.191 e. The number of rotatable bonds is 7. The molecule has 5 nitrogen and oxygen atoms in total. The van der Waals surface area contributed by atoms with Gasteiger partial charge in [0, 0.05) is 35.8 Å². The van der Waals surface area contributed by atoms with E-state index >= 15 is 0 Å². The van der Waals surface area contributed by atoms with E-state index < -0.39 is 11.9 Å². The third-order valence-electron chi connectivity index (χ3n) is 4.64. The van der Waals surface area contributed by atoms with Gasteiger partial charge in [-0.3, -0.25) is 4.99 Å². The predicted molar refractivity (Wildman–Crippen MR) is 127 cm³/mol. The van der Waals surface area contributed by atoms with Crippen molar-refractivity contribution < 1.29 is 9.50 Å². The molecule has 29 heavy (non-hydrogen) atoms. The van der Waals surface area contributed by atoms with Crippen molar-refractivity contribution in [3.8, 4) is 0 Å². The van der Waals surface area contributed by atoms with Crippen LogP contribution in [0.3, 0.4) is 0 Å². The number of aliphatic hydroxyl groups excluding tert-OH is 1. The third kappa shape index (κ3) is 6.17. The first-order valence-electron chi connectivity index (χ1n) is 9.59. The molecule has 0 saturated carbocycles. The van der Waals surface area contributed by atoms with Gasteiger partial charge in [-0.25, -0.2) is 4.39 Å². The van der Waals surface area contributed by atoms with Crippen molar-refractivity contribution in [2.75, 3.05) is 19.6 Å². The maximum atomic E-state index is 13.8. The van der Waals surface area contributed by atoms with Crippen LogP contribution >= 0.6 is 24.0 Å². The summed E-state index contributed by atoms with van der Waals surface area (Å²) in [5.74, 6) is 0.186. The van der Waals surface area contributed by atoms with Crippen LogP contribution in [-0.2, 0) is 6.42 Å². The molecule has 0 aliphatic carbocycles. The number of nitrogens with zero attached hydrogens (tertiary/aromatic N) is 1. The van der Waals surface area contributed by atoms with E-state index in [1.807, 2.05) is 13.1 Å². The fraction of sp³-hybridized carbons (Fsp3) is 0.318. The van der Waals surface area contributed by atoms with Gasteiger partial charge in [0.25, 0.3) is 0 Å². The summed E-state index contributed by atoms with van der Waals surface area (Å²) >= 11 is 0. The first kappa shape index (κ1) is 23.2. The molecule has 156 valence electrons. The summed E-state index contributed by atoms with van der Waals surface area (Å²) in [4.78, 5) is 7.71. The molecule has 1 unspecified atom stereocenters. The number of H-pyrrole nitrogens is 1. The molecule has 1 atom stereocenters. The predicted octanol–water partition coefficient (Wildman–Crippen LogP) is 4.06. The number of benzene rings is 2. The average molecular weight is 510 g/mol. The van der Waals surface area contributed by atoms with E-state index in [2.05, 4.69) is 45.7 Å². The maximum absolute atomic E-state index is 13.8. The molecule has 4 N–H and O–H groups in total. The van der Waals surface area contributed by atoms with Crippen LogP contribution in [-0.4, -0.2) is 35.7 Å². The molecule has 2 aromatic carbocycles. The molecular weight excluding hydrogens is 482 g/mol. The number of nitrogens with one attached hydrogen (secondary N) is 3. The second-order valence-corrected chi connectivity index (χ2v) is 6.80. The second kappa shape index (κ2) is 11.2. The van der Waals surface area contributed by atoms with Crippen LogP contribution in [0.4, 0.5) is 4.39 Å². The van der Waals surface area contributed by atoms with Crippen molar-refractivity contribution in [3.05, 3.63) is 71.2 Å². The van der Waals surface area contributed by atoms with E-state index in [1.54, 1.807) is 18.2 Å². The number of aryl methyl sites for hydroxylation is 1. The number of aromatic nitrogens is 1. The molecule has 0 aliphatic heterocycles. The van der Waals surface area contributed by atoms with Crippen molar-refractivity contribution in [3.63, 3.8) is 0 Å². The number of fused-ring (bicyclic) bond motifs is 1. The third-order valence-corrected chi connectivity index (χ3v) is 4.64. The fourth-order valence-corrected chi connectivity index (χ4v) is 3.19. The van der Waals surface area contributed by atoms with Crippen LogP contribution in [0.25, 0.3) is 10.9 Å². The van der Waals surface area contributed by atoms with Crippen molar-refractivity contribution in [2.45, 2.75) is 26.4 Å². The molecule has 0 amide bonds. The largest absolute Gasteiger partial charge is 0.386 e. The summed E-state index contributed by atoms with van der Waals surface area (Å²) in [5.41, 5.74) is 3.87. The smallest absolute Gasteiger partial charge is 0.191 e. The Hall–Kier alpha value is -2.13. The van der Waals surface area contributed by atoms with E-state index in [0.29, 0.717) is 19.0 Å². The lowest BCUT2D eigenvalue weighted by Gasteiger charge is -2.13. The molecule has 0 aliphatic rings. The Labute approximate surface area is 187 Å². The number of aliphatic hydroxyl groups is 1. The van der Waals surface area contributed by atoms with Gasteiger partial charge < -0.3 is 20.7 Å². The Balaban J connectivity index is 0.00000300. The van der Waals surface area contributed by atoms with Gasteiger partial charge in [0.15, 0.2) is 5.96 Å². The minimum Gasteiger partial charge on any atom is -0.386 e. The number of hydrogen-bond donors (Lipinski definition) is 4. The zero-order valence-electron chi connectivity index (χ0n) is 16.7. The minimum absolute atomic E-state index is 0. The summed E-state index contributed by atoms with van der Waals surface area (Å²) in [6, 6.07) is 12.6. The van der Waals surface area contributed by atoms with E-state index in [4.69, 9.17) is 0 Å². The minimum atomic E-state index is -0.978. The zero-order valence-corrected chi connectivity index (χ0v) is 19.0.